The summed E-state index contributed by atoms with van der Waals surface area (Å²) >= 11 is 2.37. The molecule has 5 heteroatoms. The number of nitrogens with one attached hydrogen (secondary N) is 1. The van der Waals surface area contributed by atoms with Crippen LogP contribution in [0.2, 0.25) is 0 Å². The zero-order valence-electron chi connectivity index (χ0n) is 13.2. The summed E-state index contributed by atoms with van der Waals surface area (Å²) in [5.41, 5.74) is 4.90. The second-order valence-corrected chi connectivity index (χ2v) is 7.76. The van der Waals surface area contributed by atoms with Crippen molar-refractivity contribution in [2.75, 3.05) is 5.32 Å². The number of benzene rings is 2. The van der Waals surface area contributed by atoms with E-state index in [0.29, 0.717) is 11.8 Å². The van der Waals surface area contributed by atoms with E-state index in [2.05, 4.69) is 59.1 Å². The number of nitro benzene ring substituents is 1. The first kappa shape index (κ1) is 15.6. The Morgan fingerprint density at radius 3 is 2.92 bits per heavy atom. The fourth-order valence-electron chi connectivity index (χ4n) is 4.00. The Morgan fingerprint density at radius 2 is 2.12 bits per heavy atom. The average molecular weight is 432 g/mol. The Morgan fingerprint density at radius 1 is 1.29 bits per heavy atom. The molecule has 0 amide bonds. The Bertz CT molecular complexity index is 862. The molecule has 1 aliphatic heterocycles. The highest BCUT2D eigenvalue weighted by Crippen LogP contribution is 2.51. The largest absolute Gasteiger partial charge is 0.377 e. The lowest BCUT2D eigenvalue weighted by atomic mass is 9.76. The molecule has 2 aromatic carbocycles. The van der Waals surface area contributed by atoms with Gasteiger partial charge in [-0.25, -0.2) is 0 Å². The molecular formula is C19H17IN2O2. The predicted molar refractivity (Wildman–Crippen MR) is 103 cm³/mol. The van der Waals surface area contributed by atoms with Gasteiger partial charge in [0.25, 0.3) is 5.69 Å². The van der Waals surface area contributed by atoms with Gasteiger partial charge in [-0.2, -0.15) is 0 Å². The van der Waals surface area contributed by atoms with Crippen LogP contribution in [0.15, 0.2) is 48.6 Å². The number of allylic oxidation sites excluding steroid dienone is 2. The van der Waals surface area contributed by atoms with Gasteiger partial charge in [-0.1, -0.05) is 24.3 Å². The molecule has 0 spiro atoms. The highest BCUT2D eigenvalue weighted by molar-refractivity contribution is 14.1. The van der Waals surface area contributed by atoms with Crippen molar-refractivity contribution in [3.8, 4) is 0 Å². The number of aryl methyl sites for hydroxylation is 1. The van der Waals surface area contributed by atoms with E-state index in [1.165, 1.54) is 20.4 Å². The van der Waals surface area contributed by atoms with Crippen molar-refractivity contribution in [2.24, 2.45) is 5.92 Å². The summed E-state index contributed by atoms with van der Waals surface area (Å²) in [6.45, 7) is 2.12. The van der Waals surface area contributed by atoms with Crippen LogP contribution in [-0.2, 0) is 0 Å². The van der Waals surface area contributed by atoms with Crippen molar-refractivity contribution in [3.05, 3.63) is 78.9 Å². The summed E-state index contributed by atoms with van der Waals surface area (Å²) in [6, 6.07) is 11.6. The highest BCUT2D eigenvalue weighted by Gasteiger charge is 2.38. The van der Waals surface area contributed by atoms with E-state index in [-0.39, 0.29) is 16.7 Å². The number of anilines is 1. The molecule has 2 aliphatic rings. The monoisotopic (exact) mass is 432 g/mol. The lowest BCUT2D eigenvalue weighted by molar-refractivity contribution is -0.384. The summed E-state index contributed by atoms with van der Waals surface area (Å²) in [5, 5.41) is 14.8. The number of non-ortho nitro benzene ring substituents is 1. The van der Waals surface area contributed by atoms with Crippen LogP contribution in [0.25, 0.3) is 0 Å². The smallest absolute Gasteiger partial charge is 0.269 e. The minimum atomic E-state index is -0.321. The van der Waals surface area contributed by atoms with Crippen LogP contribution in [0.3, 0.4) is 0 Å². The van der Waals surface area contributed by atoms with E-state index in [0.717, 1.165) is 12.0 Å². The molecule has 122 valence electrons. The molecular weight excluding hydrogens is 415 g/mol. The minimum Gasteiger partial charge on any atom is -0.377 e. The molecule has 0 saturated carbocycles. The molecule has 0 bridgehead atoms. The molecule has 4 nitrogen and oxygen atoms in total. The van der Waals surface area contributed by atoms with Crippen molar-refractivity contribution in [2.45, 2.75) is 25.3 Å². The van der Waals surface area contributed by atoms with Gasteiger partial charge in [-0.15, -0.1) is 0 Å². The number of halogens is 1. The van der Waals surface area contributed by atoms with Crippen LogP contribution in [0.1, 0.15) is 35.1 Å². The fourth-order valence-corrected chi connectivity index (χ4v) is 4.81. The highest BCUT2D eigenvalue weighted by atomic mass is 127. The first-order chi connectivity index (χ1) is 11.5. The maximum absolute atomic E-state index is 11.1. The van der Waals surface area contributed by atoms with Crippen molar-refractivity contribution >= 4 is 34.0 Å². The molecule has 3 atom stereocenters. The third kappa shape index (κ3) is 2.51. The molecule has 0 unspecified atom stereocenters. The first-order valence-corrected chi connectivity index (χ1v) is 9.10. The summed E-state index contributed by atoms with van der Waals surface area (Å²) in [6.07, 6.45) is 5.53. The van der Waals surface area contributed by atoms with Crippen molar-refractivity contribution < 1.29 is 4.92 Å². The minimum absolute atomic E-state index is 0.0937. The third-order valence-electron chi connectivity index (χ3n) is 5.07. The standard InChI is InChI=1S/C19H17IN2O2/c1-11-8-13(20)10-17-15-6-3-7-16(15)19(21-18(11)17)12-4-2-5-14(9-12)22(23)24/h2-6,8-10,15-16,19,21H,7H2,1H3/t15-,16+,19-/m0/s1. The van der Waals surface area contributed by atoms with E-state index in [9.17, 15) is 10.1 Å². The van der Waals surface area contributed by atoms with Crippen LogP contribution < -0.4 is 5.32 Å². The Balaban J connectivity index is 1.81. The quantitative estimate of drug-likeness (QED) is 0.302. The number of nitro groups is 1. The van der Waals surface area contributed by atoms with Crippen LogP contribution in [-0.4, -0.2) is 4.92 Å². The van der Waals surface area contributed by atoms with Crippen molar-refractivity contribution in [1.82, 2.24) is 0 Å². The molecule has 1 N–H and O–H groups in total. The maximum atomic E-state index is 11.1. The van der Waals surface area contributed by atoms with E-state index >= 15 is 0 Å². The number of hydrogen-bond donors (Lipinski definition) is 1. The second kappa shape index (κ2) is 5.88. The number of hydrogen-bond acceptors (Lipinski definition) is 3. The maximum Gasteiger partial charge on any atom is 0.269 e. The van der Waals surface area contributed by atoms with Gasteiger partial charge < -0.3 is 5.32 Å². The Kier molecular flexibility index (Phi) is 3.83. The van der Waals surface area contributed by atoms with Crippen molar-refractivity contribution in [3.63, 3.8) is 0 Å². The molecule has 24 heavy (non-hydrogen) atoms. The molecule has 0 fully saturated rings. The predicted octanol–water partition coefficient (Wildman–Crippen LogP) is 5.33. The Labute approximate surface area is 154 Å². The van der Waals surface area contributed by atoms with Gasteiger partial charge in [-0.3, -0.25) is 10.1 Å². The van der Waals surface area contributed by atoms with Crippen LogP contribution in [0.4, 0.5) is 11.4 Å². The third-order valence-corrected chi connectivity index (χ3v) is 5.69. The zero-order chi connectivity index (χ0) is 16.8. The van der Waals surface area contributed by atoms with Crippen LogP contribution in [0, 0.1) is 26.5 Å². The summed E-state index contributed by atoms with van der Waals surface area (Å²) in [7, 11) is 0. The van der Waals surface area contributed by atoms with Gasteiger partial charge in [-0.05, 0) is 70.7 Å². The first-order valence-electron chi connectivity index (χ1n) is 8.02. The number of nitrogens with zero attached hydrogens (tertiary/aromatic N) is 1. The van der Waals surface area contributed by atoms with E-state index < -0.39 is 0 Å². The van der Waals surface area contributed by atoms with Crippen molar-refractivity contribution in [1.29, 1.82) is 0 Å². The molecule has 0 radical (unpaired) electrons. The van der Waals surface area contributed by atoms with Crippen LogP contribution in [0.5, 0.6) is 0 Å². The van der Waals surface area contributed by atoms with Gasteiger partial charge in [0.15, 0.2) is 0 Å². The normalized spacial score (nSPS) is 24.2. The topological polar surface area (TPSA) is 55.2 Å². The lowest BCUT2D eigenvalue weighted by Crippen LogP contribution is -2.29. The van der Waals surface area contributed by atoms with Gasteiger partial charge in [0.2, 0.25) is 0 Å². The van der Waals surface area contributed by atoms with Gasteiger partial charge >= 0.3 is 0 Å². The van der Waals surface area contributed by atoms with E-state index in [1.54, 1.807) is 18.2 Å². The fraction of sp³-hybridized carbons (Fsp3) is 0.263. The molecule has 1 heterocycles. The number of fused-ring (bicyclic) bond motifs is 3. The molecule has 0 saturated heterocycles. The SMILES string of the molecule is Cc1cc(I)cc2c1N[C@@H](c1cccc([N+](=O)[O-])c1)[C@@H]1CC=C[C@H]21. The lowest BCUT2D eigenvalue weighted by Gasteiger charge is -2.38. The molecule has 4 rings (SSSR count). The summed E-state index contributed by atoms with van der Waals surface area (Å²) in [5.74, 6) is 0.774. The molecule has 2 aromatic rings. The summed E-state index contributed by atoms with van der Waals surface area (Å²) < 4.78 is 1.25. The Hall–Kier alpha value is -1.89. The van der Waals surface area contributed by atoms with E-state index in [1.807, 2.05) is 6.07 Å². The second-order valence-electron chi connectivity index (χ2n) is 6.51. The summed E-state index contributed by atoms with van der Waals surface area (Å²) in [4.78, 5) is 10.8. The van der Waals surface area contributed by atoms with Gasteiger partial charge in [0.05, 0.1) is 11.0 Å². The number of rotatable bonds is 2. The average Bonchev–Trinajstić information content (AvgIpc) is 3.04. The zero-order valence-corrected chi connectivity index (χ0v) is 15.4. The molecule has 1 aliphatic carbocycles. The van der Waals surface area contributed by atoms with Crippen LogP contribution >= 0.6 is 22.6 Å². The van der Waals surface area contributed by atoms with Gasteiger partial charge in [0.1, 0.15) is 0 Å². The molecule has 0 aromatic heterocycles. The van der Waals surface area contributed by atoms with E-state index in [4.69, 9.17) is 0 Å². The van der Waals surface area contributed by atoms with Gasteiger partial charge in [0, 0.05) is 27.3 Å².